The van der Waals surface area contributed by atoms with E-state index in [-0.39, 0.29) is 11.2 Å². The molecule has 2 heterocycles. The van der Waals surface area contributed by atoms with Crippen LogP contribution in [0, 0.1) is 0 Å². The molecule has 0 spiro atoms. The Kier molecular flexibility index (Phi) is 5.69. The Morgan fingerprint density at radius 2 is 1.86 bits per heavy atom. The average molecular weight is 397 g/mol. The number of methoxy groups -OCH3 is 2. The van der Waals surface area contributed by atoms with E-state index < -0.39 is 0 Å². The first-order chi connectivity index (χ1) is 14.2. The van der Waals surface area contributed by atoms with E-state index in [0.29, 0.717) is 42.4 Å². The van der Waals surface area contributed by atoms with Gasteiger partial charge in [-0.15, -0.1) is 0 Å². The Morgan fingerprint density at radius 1 is 1.07 bits per heavy atom. The van der Waals surface area contributed by atoms with E-state index >= 15 is 0 Å². The third kappa shape index (κ3) is 4.06. The van der Waals surface area contributed by atoms with Crippen molar-refractivity contribution in [1.29, 1.82) is 0 Å². The van der Waals surface area contributed by atoms with Crippen LogP contribution < -0.4 is 19.6 Å². The number of hydrogen-bond acceptors (Lipinski definition) is 7. The summed E-state index contributed by atoms with van der Waals surface area (Å²) in [6.45, 7) is 2.69. The van der Waals surface area contributed by atoms with Crippen LogP contribution >= 0.6 is 0 Å². The maximum Gasteiger partial charge on any atom is 0.235 e. The highest BCUT2D eigenvalue weighted by Gasteiger charge is 2.22. The van der Waals surface area contributed by atoms with Crippen LogP contribution in [-0.4, -0.2) is 39.0 Å². The smallest absolute Gasteiger partial charge is 0.235 e. The van der Waals surface area contributed by atoms with Crippen LogP contribution in [0.25, 0.3) is 11.0 Å². The van der Waals surface area contributed by atoms with E-state index in [1.165, 1.54) is 6.26 Å². The predicted molar refractivity (Wildman–Crippen MR) is 108 cm³/mol. The highest BCUT2D eigenvalue weighted by atomic mass is 16.5. The minimum atomic E-state index is -0.221. The molecule has 1 aromatic heterocycles. The molecular weight excluding hydrogens is 374 g/mol. The first kappa shape index (κ1) is 19.3. The summed E-state index contributed by atoms with van der Waals surface area (Å²) in [5.74, 6) is 2.12. The molecule has 0 unspecified atom stereocenters. The van der Waals surface area contributed by atoms with Gasteiger partial charge in [0.05, 0.1) is 18.1 Å². The van der Waals surface area contributed by atoms with Crippen LogP contribution in [0.3, 0.4) is 0 Å². The van der Waals surface area contributed by atoms with E-state index in [1.54, 1.807) is 44.6 Å². The third-order valence-corrected chi connectivity index (χ3v) is 4.86. The van der Waals surface area contributed by atoms with E-state index in [1.807, 2.05) is 6.07 Å². The Hall–Kier alpha value is -3.03. The molecule has 0 fully saturated rings. The quantitative estimate of drug-likeness (QED) is 0.562. The van der Waals surface area contributed by atoms with Gasteiger partial charge < -0.3 is 23.4 Å². The molecule has 152 valence electrons. The van der Waals surface area contributed by atoms with Crippen molar-refractivity contribution in [1.82, 2.24) is 4.90 Å². The highest BCUT2D eigenvalue weighted by molar-refractivity contribution is 5.83. The zero-order valence-corrected chi connectivity index (χ0v) is 16.5. The zero-order chi connectivity index (χ0) is 20.2. The second-order valence-corrected chi connectivity index (χ2v) is 6.80. The fraction of sp³-hybridized carbons (Fsp3) is 0.318. The molecule has 0 radical (unpaired) electrons. The van der Waals surface area contributed by atoms with E-state index in [0.717, 1.165) is 24.3 Å². The number of hydrogen-bond donors (Lipinski definition) is 0. The van der Waals surface area contributed by atoms with Crippen molar-refractivity contribution in [3.05, 3.63) is 58.4 Å². The molecule has 0 saturated carbocycles. The minimum absolute atomic E-state index is 0.135. The molecule has 0 atom stereocenters. The molecule has 0 bridgehead atoms. The number of rotatable bonds is 7. The maximum absolute atomic E-state index is 13.0. The number of fused-ring (bicyclic) bond motifs is 3. The van der Waals surface area contributed by atoms with Gasteiger partial charge in [0.15, 0.2) is 0 Å². The topological polar surface area (TPSA) is 70.4 Å². The van der Waals surface area contributed by atoms with E-state index in [9.17, 15) is 4.79 Å². The molecule has 7 heteroatoms. The number of benzene rings is 2. The summed E-state index contributed by atoms with van der Waals surface area (Å²) in [6.07, 6.45) is 2.27. The Balaban J connectivity index is 1.61. The van der Waals surface area contributed by atoms with Gasteiger partial charge in [0.25, 0.3) is 0 Å². The van der Waals surface area contributed by atoms with Crippen molar-refractivity contribution >= 4 is 11.0 Å². The van der Waals surface area contributed by atoms with Gasteiger partial charge in [-0.05, 0) is 42.8 Å². The average Bonchev–Trinajstić information content (AvgIpc) is 2.76. The summed E-state index contributed by atoms with van der Waals surface area (Å²) >= 11 is 0. The molecule has 0 N–H and O–H groups in total. The predicted octanol–water partition coefficient (Wildman–Crippen LogP) is 3.78. The second-order valence-electron chi connectivity index (χ2n) is 6.80. The first-order valence-corrected chi connectivity index (χ1v) is 9.43. The van der Waals surface area contributed by atoms with Crippen LogP contribution in [0.4, 0.5) is 0 Å². The Bertz CT molecular complexity index is 1040. The van der Waals surface area contributed by atoms with Crippen molar-refractivity contribution in [3.63, 3.8) is 0 Å². The van der Waals surface area contributed by atoms with Gasteiger partial charge in [0.2, 0.25) is 11.2 Å². The first-order valence-electron chi connectivity index (χ1n) is 9.43. The highest BCUT2D eigenvalue weighted by Crippen LogP contribution is 2.32. The number of ether oxygens (including phenoxy) is 4. The third-order valence-electron chi connectivity index (χ3n) is 4.86. The van der Waals surface area contributed by atoms with Crippen LogP contribution in [0.5, 0.6) is 23.0 Å². The molecule has 3 aromatic rings. The van der Waals surface area contributed by atoms with Crippen molar-refractivity contribution < 1.29 is 23.4 Å². The lowest BCUT2D eigenvalue weighted by molar-refractivity contribution is 0.0838. The lowest BCUT2D eigenvalue weighted by Crippen LogP contribution is -2.33. The van der Waals surface area contributed by atoms with Gasteiger partial charge >= 0.3 is 0 Å². The molecule has 0 aliphatic carbocycles. The molecule has 1 aliphatic rings. The molecular formula is C22H23NO6. The van der Waals surface area contributed by atoms with Gasteiger partial charge in [-0.3, -0.25) is 9.69 Å². The largest absolute Gasteiger partial charge is 0.497 e. The SMILES string of the molecule is COCCCN1COc2ccc3c(=O)c(Oc4ccc(OC)cc4)coc3c2C1. The molecule has 1 aliphatic heterocycles. The van der Waals surface area contributed by atoms with Gasteiger partial charge in [0.1, 0.15) is 35.8 Å². The molecule has 4 rings (SSSR count). The van der Waals surface area contributed by atoms with Crippen LogP contribution in [0.1, 0.15) is 12.0 Å². The van der Waals surface area contributed by atoms with Gasteiger partial charge in [-0.1, -0.05) is 0 Å². The summed E-state index contributed by atoms with van der Waals surface area (Å²) in [5.41, 5.74) is 1.19. The molecule has 0 amide bonds. The lowest BCUT2D eigenvalue weighted by atomic mass is 10.1. The monoisotopic (exact) mass is 397 g/mol. The zero-order valence-electron chi connectivity index (χ0n) is 16.5. The van der Waals surface area contributed by atoms with Crippen LogP contribution in [0.2, 0.25) is 0 Å². The normalized spacial score (nSPS) is 13.7. The number of nitrogens with zero attached hydrogens (tertiary/aromatic N) is 1. The molecule has 29 heavy (non-hydrogen) atoms. The van der Waals surface area contributed by atoms with Gasteiger partial charge in [-0.2, -0.15) is 0 Å². The van der Waals surface area contributed by atoms with Crippen molar-refractivity contribution in [2.45, 2.75) is 13.0 Å². The Labute approximate surface area is 168 Å². The van der Waals surface area contributed by atoms with Crippen molar-refractivity contribution in [2.75, 3.05) is 34.1 Å². The van der Waals surface area contributed by atoms with Crippen molar-refractivity contribution in [2.24, 2.45) is 0 Å². The van der Waals surface area contributed by atoms with Crippen LogP contribution in [0.15, 0.2) is 51.9 Å². The Morgan fingerprint density at radius 3 is 2.62 bits per heavy atom. The second kappa shape index (κ2) is 8.55. The van der Waals surface area contributed by atoms with E-state index in [4.69, 9.17) is 23.4 Å². The van der Waals surface area contributed by atoms with Crippen molar-refractivity contribution in [3.8, 4) is 23.0 Å². The summed E-state index contributed by atoms with van der Waals surface area (Å²) in [7, 11) is 3.28. The fourth-order valence-corrected chi connectivity index (χ4v) is 3.35. The minimum Gasteiger partial charge on any atom is -0.497 e. The summed E-state index contributed by atoms with van der Waals surface area (Å²) in [6, 6.07) is 10.6. The standard InChI is InChI=1S/C22H23NO6/c1-25-11-3-10-23-12-18-19(28-14-23)9-8-17-21(24)20(13-27-22(17)18)29-16-6-4-15(26-2)5-7-16/h4-9,13H,3,10-12,14H2,1-2H3. The molecule has 0 saturated heterocycles. The van der Waals surface area contributed by atoms with E-state index in [2.05, 4.69) is 4.90 Å². The summed E-state index contributed by atoms with van der Waals surface area (Å²) in [5, 5.41) is 0.470. The summed E-state index contributed by atoms with van der Waals surface area (Å²) < 4.78 is 27.7. The molecule has 2 aromatic carbocycles. The summed E-state index contributed by atoms with van der Waals surface area (Å²) in [4.78, 5) is 15.1. The van der Waals surface area contributed by atoms with Gasteiger partial charge in [-0.25, -0.2) is 0 Å². The maximum atomic E-state index is 13.0. The van der Waals surface area contributed by atoms with Gasteiger partial charge in [0, 0.05) is 26.8 Å². The van der Waals surface area contributed by atoms with Crippen LogP contribution in [-0.2, 0) is 11.3 Å². The lowest BCUT2D eigenvalue weighted by Gasteiger charge is -2.29. The molecule has 7 nitrogen and oxygen atoms in total. The fourth-order valence-electron chi connectivity index (χ4n) is 3.35.